The highest BCUT2D eigenvalue weighted by Crippen LogP contribution is 2.33. The molecule has 2 heteroatoms. The molecule has 3 rings (SSSR count). The molecule has 0 aromatic heterocycles. The molecule has 0 aliphatic carbocycles. The van der Waals surface area contributed by atoms with Crippen LogP contribution in [0.15, 0.2) is 58.3 Å². The van der Waals surface area contributed by atoms with Crippen LogP contribution in [0, 0.1) is 0 Å². The Morgan fingerprint density at radius 2 is 1.00 bits per heavy atom. The van der Waals surface area contributed by atoms with E-state index in [9.17, 15) is 0 Å². The van der Waals surface area contributed by atoms with Gasteiger partial charge in [-0.15, -0.1) is 25.3 Å². The van der Waals surface area contributed by atoms with E-state index in [1.165, 1.54) is 21.5 Å². The van der Waals surface area contributed by atoms with E-state index in [1.54, 1.807) is 0 Å². The van der Waals surface area contributed by atoms with Crippen LogP contribution in [0.25, 0.3) is 21.5 Å². The average molecular weight is 242 g/mol. The Morgan fingerprint density at radius 1 is 0.562 bits per heavy atom. The molecule has 0 N–H and O–H groups in total. The van der Waals surface area contributed by atoms with Crippen molar-refractivity contribution < 1.29 is 0 Å². The molecular formula is C14H10S2. The highest BCUT2D eigenvalue weighted by atomic mass is 32.1. The Morgan fingerprint density at radius 3 is 1.44 bits per heavy atom. The van der Waals surface area contributed by atoms with Crippen molar-refractivity contribution in [2.75, 3.05) is 0 Å². The van der Waals surface area contributed by atoms with Gasteiger partial charge in [0, 0.05) is 20.6 Å². The van der Waals surface area contributed by atoms with E-state index < -0.39 is 0 Å². The van der Waals surface area contributed by atoms with Crippen LogP contribution in [0.3, 0.4) is 0 Å². The fourth-order valence-electron chi connectivity index (χ4n) is 2.12. The van der Waals surface area contributed by atoms with E-state index >= 15 is 0 Å². The first-order valence-corrected chi connectivity index (χ1v) is 5.99. The number of rotatable bonds is 0. The molecule has 3 aromatic carbocycles. The highest BCUT2D eigenvalue weighted by Gasteiger charge is 2.05. The van der Waals surface area contributed by atoms with Crippen molar-refractivity contribution in [3.8, 4) is 0 Å². The number of hydrogen-bond donors (Lipinski definition) is 2. The second-order valence-corrected chi connectivity index (χ2v) is 4.78. The van der Waals surface area contributed by atoms with Gasteiger partial charge in [0.25, 0.3) is 0 Å². The van der Waals surface area contributed by atoms with Gasteiger partial charge >= 0.3 is 0 Å². The Balaban J connectivity index is 2.67. The van der Waals surface area contributed by atoms with E-state index in [4.69, 9.17) is 0 Å². The van der Waals surface area contributed by atoms with Gasteiger partial charge in [-0.05, 0) is 22.9 Å². The van der Waals surface area contributed by atoms with Crippen LogP contribution in [-0.2, 0) is 0 Å². The van der Waals surface area contributed by atoms with Gasteiger partial charge in [-0.1, -0.05) is 36.4 Å². The summed E-state index contributed by atoms with van der Waals surface area (Å²) >= 11 is 9.08. The van der Waals surface area contributed by atoms with Gasteiger partial charge in [0.05, 0.1) is 0 Å². The lowest BCUT2D eigenvalue weighted by Crippen LogP contribution is -1.81. The van der Waals surface area contributed by atoms with Gasteiger partial charge in [-0.3, -0.25) is 0 Å². The molecule has 0 aliphatic heterocycles. The Bertz CT molecular complexity index is 626. The minimum Gasteiger partial charge on any atom is -0.143 e. The summed E-state index contributed by atoms with van der Waals surface area (Å²) in [4.78, 5) is 2.01. The number of hydrogen-bond acceptors (Lipinski definition) is 2. The third kappa shape index (κ3) is 1.41. The van der Waals surface area contributed by atoms with E-state index in [0.717, 1.165) is 9.79 Å². The zero-order valence-electron chi connectivity index (χ0n) is 8.51. The van der Waals surface area contributed by atoms with E-state index in [1.807, 2.05) is 24.3 Å². The summed E-state index contributed by atoms with van der Waals surface area (Å²) < 4.78 is 0. The zero-order valence-corrected chi connectivity index (χ0v) is 10.3. The fraction of sp³-hybridized carbons (Fsp3) is 0. The van der Waals surface area contributed by atoms with Crippen molar-refractivity contribution >= 4 is 46.8 Å². The van der Waals surface area contributed by atoms with Crippen molar-refractivity contribution in [3.63, 3.8) is 0 Å². The minimum atomic E-state index is 1.00. The molecule has 0 spiro atoms. The maximum Gasteiger partial charge on any atom is 0.0125 e. The molecule has 16 heavy (non-hydrogen) atoms. The lowest BCUT2D eigenvalue weighted by molar-refractivity contribution is 1.53. The number of fused-ring (bicyclic) bond motifs is 3. The lowest BCUT2D eigenvalue weighted by atomic mass is 10.0. The molecule has 0 radical (unpaired) electrons. The molecule has 0 fully saturated rings. The molecule has 0 heterocycles. The summed E-state index contributed by atoms with van der Waals surface area (Å²) in [6.45, 7) is 0. The summed E-state index contributed by atoms with van der Waals surface area (Å²) in [7, 11) is 0. The summed E-state index contributed by atoms with van der Waals surface area (Å²) in [5.41, 5.74) is 0. The third-order valence-electron chi connectivity index (χ3n) is 2.84. The lowest BCUT2D eigenvalue weighted by Gasteiger charge is -2.08. The van der Waals surface area contributed by atoms with Gasteiger partial charge < -0.3 is 0 Å². The van der Waals surface area contributed by atoms with Gasteiger partial charge in [0.2, 0.25) is 0 Å². The first-order valence-electron chi connectivity index (χ1n) is 5.10. The average Bonchev–Trinajstić information content (AvgIpc) is 2.29. The second kappa shape index (κ2) is 3.72. The summed E-state index contributed by atoms with van der Waals surface area (Å²) in [6, 6.07) is 16.6. The first-order chi connectivity index (χ1) is 7.77. The molecule has 0 aliphatic rings. The topological polar surface area (TPSA) is 0 Å². The molecule has 0 unspecified atom stereocenters. The molecule has 0 atom stereocenters. The van der Waals surface area contributed by atoms with Crippen molar-refractivity contribution in [2.45, 2.75) is 9.79 Å². The smallest absolute Gasteiger partial charge is 0.0125 e. The summed E-state index contributed by atoms with van der Waals surface area (Å²) in [6.07, 6.45) is 0. The van der Waals surface area contributed by atoms with Gasteiger partial charge in [0.1, 0.15) is 0 Å². The molecular weight excluding hydrogens is 232 g/mol. The largest absolute Gasteiger partial charge is 0.143 e. The predicted molar refractivity (Wildman–Crippen MR) is 76.0 cm³/mol. The van der Waals surface area contributed by atoms with Crippen LogP contribution < -0.4 is 0 Å². The van der Waals surface area contributed by atoms with E-state index in [-0.39, 0.29) is 0 Å². The molecule has 0 amide bonds. The van der Waals surface area contributed by atoms with Crippen molar-refractivity contribution in [3.05, 3.63) is 48.5 Å². The second-order valence-electron chi connectivity index (χ2n) is 3.82. The number of thiol groups is 2. The van der Waals surface area contributed by atoms with Crippen LogP contribution in [0.2, 0.25) is 0 Å². The predicted octanol–water partition coefficient (Wildman–Crippen LogP) is 4.57. The third-order valence-corrected chi connectivity index (χ3v) is 3.59. The Labute approximate surface area is 105 Å². The molecule has 0 bridgehead atoms. The summed E-state index contributed by atoms with van der Waals surface area (Å²) in [5, 5.41) is 4.80. The van der Waals surface area contributed by atoms with E-state index in [2.05, 4.69) is 49.5 Å². The monoisotopic (exact) mass is 242 g/mol. The molecule has 0 saturated heterocycles. The number of benzene rings is 3. The molecule has 0 nitrogen and oxygen atoms in total. The van der Waals surface area contributed by atoms with Gasteiger partial charge in [-0.2, -0.15) is 0 Å². The quantitative estimate of drug-likeness (QED) is 0.419. The van der Waals surface area contributed by atoms with Crippen LogP contribution in [0.1, 0.15) is 0 Å². The maximum absolute atomic E-state index is 4.54. The highest BCUT2D eigenvalue weighted by molar-refractivity contribution is 7.81. The van der Waals surface area contributed by atoms with Crippen LogP contribution in [0.5, 0.6) is 0 Å². The van der Waals surface area contributed by atoms with E-state index in [0.29, 0.717) is 0 Å². The zero-order chi connectivity index (χ0) is 11.1. The van der Waals surface area contributed by atoms with Crippen molar-refractivity contribution in [2.24, 2.45) is 0 Å². The molecule has 0 saturated carbocycles. The van der Waals surface area contributed by atoms with Crippen molar-refractivity contribution in [1.82, 2.24) is 0 Å². The van der Waals surface area contributed by atoms with Crippen LogP contribution in [-0.4, -0.2) is 0 Å². The van der Waals surface area contributed by atoms with Gasteiger partial charge in [0.15, 0.2) is 0 Å². The molecule has 78 valence electrons. The van der Waals surface area contributed by atoms with Gasteiger partial charge in [-0.25, -0.2) is 0 Å². The fourth-order valence-corrected chi connectivity index (χ4v) is 2.77. The normalized spacial score (nSPS) is 11.1. The minimum absolute atomic E-state index is 1.00. The maximum atomic E-state index is 4.54. The Hall–Kier alpha value is -1.12. The first kappa shape index (κ1) is 10.1. The van der Waals surface area contributed by atoms with Crippen molar-refractivity contribution in [1.29, 1.82) is 0 Å². The molecule has 3 aromatic rings. The Kier molecular flexibility index (Phi) is 2.34. The standard InChI is InChI=1S/C14H10S2/c15-11-5-1-3-9-7-8-10-4-2-6-12(16)14(10)13(9)11/h1-8,15-16H. The van der Waals surface area contributed by atoms with Crippen LogP contribution in [0.4, 0.5) is 0 Å². The SMILES string of the molecule is Sc1cccc2ccc3cccc(S)c3c12. The summed E-state index contributed by atoms with van der Waals surface area (Å²) in [5.74, 6) is 0. The van der Waals surface area contributed by atoms with Crippen LogP contribution >= 0.6 is 25.3 Å².